The van der Waals surface area contributed by atoms with Crippen molar-refractivity contribution in [3.05, 3.63) is 36.4 Å². The maximum absolute atomic E-state index is 5.99. The van der Waals surface area contributed by atoms with Gasteiger partial charge < -0.3 is 20.5 Å². The lowest BCUT2D eigenvalue weighted by Gasteiger charge is -2.16. The molecule has 1 aliphatic rings. The smallest absolute Gasteiger partial charge is 0.132 e. The minimum Gasteiger partial charge on any atom is -0.493 e. The van der Waals surface area contributed by atoms with Crippen molar-refractivity contribution >= 4 is 5.82 Å². The molecular weight excluding hydrogens is 278 g/mol. The Hall–Kier alpha value is -2.27. The fraction of sp³-hybridized carbons (Fsp3) is 0.353. The van der Waals surface area contributed by atoms with Crippen molar-refractivity contribution in [1.29, 1.82) is 0 Å². The first kappa shape index (κ1) is 14.7. The van der Waals surface area contributed by atoms with Crippen LogP contribution in [-0.4, -0.2) is 30.8 Å². The van der Waals surface area contributed by atoms with Crippen LogP contribution in [0.15, 0.2) is 36.4 Å². The van der Waals surface area contributed by atoms with Crippen molar-refractivity contribution in [3.63, 3.8) is 0 Å². The zero-order valence-corrected chi connectivity index (χ0v) is 12.7. The van der Waals surface area contributed by atoms with Gasteiger partial charge in [0, 0.05) is 18.2 Å². The summed E-state index contributed by atoms with van der Waals surface area (Å²) in [5.74, 6) is 2.09. The number of nitrogens with one attached hydrogen (secondary N) is 1. The van der Waals surface area contributed by atoms with E-state index in [-0.39, 0.29) is 6.10 Å². The van der Waals surface area contributed by atoms with Crippen LogP contribution in [0.25, 0.3) is 11.3 Å². The largest absolute Gasteiger partial charge is 0.493 e. The predicted molar refractivity (Wildman–Crippen MR) is 87.2 cm³/mol. The molecular formula is C17H21N3O2. The van der Waals surface area contributed by atoms with E-state index in [4.69, 9.17) is 15.2 Å². The van der Waals surface area contributed by atoms with E-state index in [0.29, 0.717) is 12.4 Å². The average molecular weight is 299 g/mol. The summed E-state index contributed by atoms with van der Waals surface area (Å²) >= 11 is 0. The van der Waals surface area contributed by atoms with E-state index < -0.39 is 0 Å². The minimum absolute atomic E-state index is 0.228. The molecule has 3 N–H and O–H groups in total. The molecule has 0 bridgehead atoms. The van der Waals surface area contributed by atoms with Gasteiger partial charge in [0.1, 0.15) is 23.4 Å². The number of ether oxygens (including phenoxy) is 2. The lowest BCUT2D eigenvalue weighted by Crippen LogP contribution is -2.19. The third kappa shape index (κ3) is 3.31. The number of anilines is 1. The van der Waals surface area contributed by atoms with Crippen LogP contribution in [0.1, 0.15) is 13.3 Å². The quantitative estimate of drug-likeness (QED) is 0.887. The minimum atomic E-state index is 0.228. The van der Waals surface area contributed by atoms with Crippen LogP contribution >= 0.6 is 0 Å². The summed E-state index contributed by atoms with van der Waals surface area (Å²) in [4.78, 5) is 4.37. The van der Waals surface area contributed by atoms with E-state index >= 15 is 0 Å². The topological polar surface area (TPSA) is 69.4 Å². The van der Waals surface area contributed by atoms with Gasteiger partial charge in [0.25, 0.3) is 0 Å². The summed E-state index contributed by atoms with van der Waals surface area (Å²) in [6, 6.07) is 11.5. The summed E-state index contributed by atoms with van der Waals surface area (Å²) < 4.78 is 11.7. The number of aromatic nitrogens is 1. The standard InChI is InChI=1S/C17H21N3O2/c1-2-21-16-10-12(22-13-8-9-19-11-13)6-7-14(16)15-4-3-5-17(18)20-15/h3-7,10,13,19H,2,8-9,11H2,1H3,(H2,18,20). The lowest BCUT2D eigenvalue weighted by molar-refractivity contribution is 0.221. The van der Waals surface area contributed by atoms with Crippen LogP contribution in [-0.2, 0) is 0 Å². The number of nitrogens with two attached hydrogens (primary N) is 1. The number of rotatable bonds is 5. The second-order valence-corrected chi connectivity index (χ2v) is 5.27. The molecule has 116 valence electrons. The molecule has 2 heterocycles. The molecule has 1 fully saturated rings. The Morgan fingerprint density at radius 2 is 2.23 bits per heavy atom. The molecule has 0 spiro atoms. The number of nitrogens with zero attached hydrogens (tertiary/aromatic N) is 1. The average Bonchev–Trinajstić information content (AvgIpc) is 3.01. The fourth-order valence-corrected chi connectivity index (χ4v) is 2.59. The van der Waals surface area contributed by atoms with Gasteiger partial charge in [-0.25, -0.2) is 4.98 Å². The first-order chi connectivity index (χ1) is 10.8. The van der Waals surface area contributed by atoms with Gasteiger partial charge in [-0.05, 0) is 44.2 Å². The van der Waals surface area contributed by atoms with Gasteiger partial charge in [-0.2, -0.15) is 0 Å². The van der Waals surface area contributed by atoms with Gasteiger partial charge >= 0.3 is 0 Å². The van der Waals surface area contributed by atoms with Crippen molar-refractivity contribution in [2.45, 2.75) is 19.4 Å². The molecule has 22 heavy (non-hydrogen) atoms. The van der Waals surface area contributed by atoms with Crippen molar-refractivity contribution in [2.24, 2.45) is 0 Å². The van der Waals surface area contributed by atoms with Crippen LogP contribution < -0.4 is 20.5 Å². The van der Waals surface area contributed by atoms with Gasteiger partial charge in [-0.15, -0.1) is 0 Å². The molecule has 0 aliphatic carbocycles. The molecule has 5 nitrogen and oxygen atoms in total. The van der Waals surface area contributed by atoms with Crippen molar-refractivity contribution < 1.29 is 9.47 Å². The van der Waals surface area contributed by atoms with Crippen LogP contribution in [0.3, 0.4) is 0 Å². The normalized spacial score (nSPS) is 17.4. The number of hydrogen-bond donors (Lipinski definition) is 2. The van der Waals surface area contributed by atoms with Gasteiger partial charge in [-0.1, -0.05) is 6.07 Å². The summed E-state index contributed by atoms with van der Waals surface area (Å²) in [6.07, 6.45) is 1.26. The highest BCUT2D eigenvalue weighted by atomic mass is 16.5. The third-order valence-electron chi connectivity index (χ3n) is 3.62. The monoisotopic (exact) mass is 299 g/mol. The summed E-state index contributed by atoms with van der Waals surface area (Å²) in [7, 11) is 0. The molecule has 1 aromatic heterocycles. The second-order valence-electron chi connectivity index (χ2n) is 5.27. The Labute approximate surface area is 130 Å². The van der Waals surface area contributed by atoms with Crippen molar-refractivity contribution in [1.82, 2.24) is 10.3 Å². The van der Waals surface area contributed by atoms with Crippen LogP contribution in [0.5, 0.6) is 11.5 Å². The first-order valence-electron chi connectivity index (χ1n) is 7.63. The van der Waals surface area contributed by atoms with E-state index in [1.165, 1.54) is 0 Å². The molecule has 2 aromatic rings. The zero-order valence-electron chi connectivity index (χ0n) is 12.7. The highest BCUT2D eigenvalue weighted by Crippen LogP contribution is 2.33. The van der Waals surface area contributed by atoms with E-state index in [2.05, 4.69) is 10.3 Å². The highest BCUT2D eigenvalue weighted by molar-refractivity contribution is 5.69. The van der Waals surface area contributed by atoms with Gasteiger partial charge in [-0.3, -0.25) is 0 Å². The van der Waals surface area contributed by atoms with Crippen LogP contribution in [0.2, 0.25) is 0 Å². The highest BCUT2D eigenvalue weighted by Gasteiger charge is 2.17. The molecule has 1 unspecified atom stereocenters. The van der Waals surface area contributed by atoms with Crippen LogP contribution in [0, 0.1) is 0 Å². The van der Waals surface area contributed by atoms with Crippen molar-refractivity contribution in [2.75, 3.05) is 25.4 Å². The third-order valence-corrected chi connectivity index (χ3v) is 3.62. The summed E-state index contributed by atoms with van der Waals surface area (Å²) in [5.41, 5.74) is 7.50. The fourth-order valence-electron chi connectivity index (χ4n) is 2.59. The van der Waals surface area contributed by atoms with E-state index in [1.807, 2.05) is 37.3 Å². The molecule has 0 radical (unpaired) electrons. The molecule has 5 heteroatoms. The Balaban J connectivity index is 1.89. The van der Waals surface area contributed by atoms with E-state index in [9.17, 15) is 0 Å². The number of benzene rings is 1. The van der Waals surface area contributed by atoms with Crippen molar-refractivity contribution in [3.8, 4) is 22.8 Å². The molecule has 1 aliphatic heterocycles. The molecule has 1 saturated heterocycles. The maximum atomic E-state index is 5.99. The molecule has 0 saturated carbocycles. The Morgan fingerprint density at radius 3 is 2.95 bits per heavy atom. The van der Waals surface area contributed by atoms with Gasteiger partial charge in [0.2, 0.25) is 0 Å². The number of pyridine rings is 1. The van der Waals surface area contributed by atoms with Gasteiger partial charge in [0.05, 0.1) is 12.3 Å². The molecule has 3 rings (SSSR count). The van der Waals surface area contributed by atoms with E-state index in [0.717, 1.165) is 42.3 Å². The summed E-state index contributed by atoms with van der Waals surface area (Å²) in [6.45, 7) is 4.45. The second kappa shape index (κ2) is 6.66. The molecule has 0 amide bonds. The van der Waals surface area contributed by atoms with Gasteiger partial charge in [0.15, 0.2) is 0 Å². The lowest BCUT2D eigenvalue weighted by atomic mass is 10.1. The van der Waals surface area contributed by atoms with Crippen LogP contribution in [0.4, 0.5) is 5.82 Å². The first-order valence-corrected chi connectivity index (χ1v) is 7.63. The zero-order chi connectivity index (χ0) is 15.4. The summed E-state index contributed by atoms with van der Waals surface area (Å²) in [5, 5.41) is 3.30. The maximum Gasteiger partial charge on any atom is 0.132 e. The predicted octanol–water partition coefficient (Wildman–Crippen LogP) is 2.47. The molecule has 1 atom stereocenters. The number of nitrogen functional groups attached to an aromatic ring is 1. The SMILES string of the molecule is CCOc1cc(OC2CCNC2)ccc1-c1cccc(N)n1. The Morgan fingerprint density at radius 1 is 1.32 bits per heavy atom. The Bertz CT molecular complexity index is 640. The molecule has 1 aromatic carbocycles. The number of hydrogen-bond acceptors (Lipinski definition) is 5. The Kier molecular flexibility index (Phi) is 4.44. The van der Waals surface area contributed by atoms with E-state index in [1.54, 1.807) is 6.07 Å².